The Morgan fingerprint density at radius 2 is 1.62 bits per heavy atom. The second kappa shape index (κ2) is 6.73. The van der Waals surface area contributed by atoms with Gasteiger partial charge >= 0.3 is 0 Å². The van der Waals surface area contributed by atoms with Crippen molar-refractivity contribution >= 4 is 0 Å². The molecule has 1 aliphatic rings. The van der Waals surface area contributed by atoms with E-state index in [0.717, 1.165) is 25.8 Å². The molecule has 0 aromatic heterocycles. The number of hydrogen-bond donors (Lipinski definition) is 0. The molecule has 0 radical (unpaired) electrons. The molecule has 1 unspecified atom stereocenters. The third-order valence-electron chi connectivity index (χ3n) is 4.43. The number of nitrogens with zero attached hydrogens (tertiary/aromatic N) is 1. The summed E-state index contributed by atoms with van der Waals surface area (Å²) in [4.78, 5) is 2.54. The third-order valence-corrected chi connectivity index (χ3v) is 4.43. The van der Waals surface area contributed by atoms with Crippen molar-refractivity contribution in [3.63, 3.8) is 0 Å². The van der Waals surface area contributed by atoms with Gasteiger partial charge < -0.3 is 0 Å². The monoisotopic (exact) mass is 279 g/mol. The van der Waals surface area contributed by atoms with E-state index in [1.54, 1.807) is 0 Å². The van der Waals surface area contributed by atoms with E-state index in [1.165, 1.54) is 11.1 Å². The Balaban J connectivity index is 2.62. The molecule has 1 nitrogen and oxygen atoms in total. The summed E-state index contributed by atoms with van der Waals surface area (Å²) in [5.74, 6) is 0. The zero-order chi connectivity index (χ0) is 15.3. The third kappa shape index (κ3) is 2.54. The molecule has 0 N–H and O–H groups in total. The first-order valence-electron chi connectivity index (χ1n) is 7.55. The molecule has 1 atom stereocenters. The van der Waals surface area contributed by atoms with Crippen molar-refractivity contribution in [3.05, 3.63) is 86.0 Å². The summed E-state index contributed by atoms with van der Waals surface area (Å²) in [6.07, 6.45) is 10.8. The van der Waals surface area contributed by atoms with E-state index in [-0.39, 0.29) is 5.54 Å². The van der Waals surface area contributed by atoms with Crippen LogP contribution in [0, 0.1) is 0 Å². The lowest BCUT2D eigenvalue weighted by Crippen LogP contribution is -2.42. The lowest BCUT2D eigenvalue weighted by Gasteiger charge is -2.40. The highest BCUT2D eigenvalue weighted by atomic mass is 15.2. The van der Waals surface area contributed by atoms with Gasteiger partial charge in [0.15, 0.2) is 0 Å². The summed E-state index contributed by atoms with van der Waals surface area (Å²) in [5.41, 5.74) is 2.75. The molecule has 0 aliphatic carbocycles. The number of rotatable bonds is 8. The Hall–Kier alpha value is -1.86. The van der Waals surface area contributed by atoms with Crippen LogP contribution in [0.3, 0.4) is 0 Å². The van der Waals surface area contributed by atoms with Gasteiger partial charge in [-0.2, -0.15) is 0 Å². The first-order valence-corrected chi connectivity index (χ1v) is 7.55. The van der Waals surface area contributed by atoms with Crippen LogP contribution >= 0.6 is 0 Å². The summed E-state index contributed by atoms with van der Waals surface area (Å²) in [6, 6.07) is 9.10. The first kappa shape index (κ1) is 15.5. The lowest BCUT2D eigenvalue weighted by atomic mass is 9.83. The SMILES string of the molecule is C=CCC1c2ccccc2C(CC=C)(CC=C)N1CC=C. The smallest absolute Gasteiger partial charge is 0.0541 e. The summed E-state index contributed by atoms with van der Waals surface area (Å²) < 4.78 is 0. The van der Waals surface area contributed by atoms with E-state index >= 15 is 0 Å². The highest BCUT2D eigenvalue weighted by molar-refractivity contribution is 5.43. The zero-order valence-electron chi connectivity index (χ0n) is 12.8. The Kier molecular flexibility index (Phi) is 4.98. The van der Waals surface area contributed by atoms with Crippen LogP contribution in [0.1, 0.15) is 36.4 Å². The molecule has 1 heterocycles. The van der Waals surface area contributed by atoms with Crippen molar-refractivity contribution in [1.82, 2.24) is 4.90 Å². The van der Waals surface area contributed by atoms with Gasteiger partial charge in [-0.05, 0) is 30.4 Å². The predicted molar refractivity (Wildman–Crippen MR) is 92.2 cm³/mol. The highest BCUT2D eigenvalue weighted by Crippen LogP contribution is 2.51. The first-order chi connectivity index (χ1) is 10.2. The summed E-state index contributed by atoms with van der Waals surface area (Å²) in [6.45, 7) is 16.7. The molecule has 0 fully saturated rings. The van der Waals surface area contributed by atoms with Crippen molar-refractivity contribution in [1.29, 1.82) is 0 Å². The zero-order valence-corrected chi connectivity index (χ0v) is 12.8. The largest absolute Gasteiger partial charge is 0.282 e. The van der Waals surface area contributed by atoms with Crippen LogP contribution < -0.4 is 0 Å². The van der Waals surface area contributed by atoms with Gasteiger partial charge in [-0.15, -0.1) is 26.3 Å². The van der Waals surface area contributed by atoms with Crippen molar-refractivity contribution in [2.75, 3.05) is 6.54 Å². The van der Waals surface area contributed by atoms with Crippen molar-refractivity contribution in [2.45, 2.75) is 30.8 Å². The van der Waals surface area contributed by atoms with Gasteiger partial charge in [0.05, 0.1) is 5.54 Å². The molecule has 0 spiro atoms. The van der Waals surface area contributed by atoms with Gasteiger partial charge in [-0.3, -0.25) is 4.90 Å². The van der Waals surface area contributed by atoms with Crippen molar-refractivity contribution < 1.29 is 0 Å². The summed E-state index contributed by atoms with van der Waals surface area (Å²) in [5, 5.41) is 0. The average molecular weight is 279 g/mol. The fourth-order valence-electron chi connectivity index (χ4n) is 3.70. The maximum Gasteiger partial charge on any atom is 0.0541 e. The van der Waals surface area contributed by atoms with E-state index < -0.39 is 0 Å². The molecular weight excluding hydrogens is 254 g/mol. The molecule has 1 heteroatoms. The standard InChI is InChI=1S/C20H25N/c1-5-11-19-17-12-9-10-13-18(17)20(14-6-2,15-7-3)21(19)16-8-4/h5-10,12-13,19H,1-4,11,14-16H2. The van der Waals surface area contributed by atoms with Crippen molar-refractivity contribution in [3.8, 4) is 0 Å². The average Bonchev–Trinajstić information content (AvgIpc) is 2.73. The predicted octanol–water partition coefficient (Wildman–Crippen LogP) is 5.15. The van der Waals surface area contributed by atoms with E-state index in [0.29, 0.717) is 6.04 Å². The molecule has 0 saturated carbocycles. The van der Waals surface area contributed by atoms with Crippen LogP contribution in [-0.2, 0) is 5.54 Å². The molecule has 1 aromatic rings. The van der Waals surface area contributed by atoms with Gasteiger partial charge in [-0.1, -0.05) is 48.6 Å². The second-order valence-electron chi connectivity index (χ2n) is 5.59. The molecule has 0 bridgehead atoms. The second-order valence-corrected chi connectivity index (χ2v) is 5.59. The molecule has 110 valence electrons. The Labute approximate surface area is 129 Å². The van der Waals surface area contributed by atoms with E-state index in [1.807, 2.05) is 24.3 Å². The molecule has 2 rings (SSSR count). The Bertz CT molecular complexity index is 531. The topological polar surface area (TPSA) is 3.24 Å². The van der Waals surface area contributed by atoms with Crippen LogP contribution in [0.2, 0.25) is 0 Å². The van der Waals surface area contributed by atoms with Crippen LogP contribution in [0.5, 0.6) is 0 Å². The van der Waals surface area contributed by atoms with Crippen LogP contribution in [0.25, 0.3) is 0 Å². The van der Waals surface area contributed by atoms with Crippen LogP contribution in [-0.4, -0.2) is 11.4 Å². The van der Waals surface area contributed by atoms with Crippen LogP contribution in [0.15, 0.2) is 74.9 Å². The fraction of sp³-hybridized carbons (Fsp3) is 0.300. The minimum Gasteiger partial charge on any atom is -0.282 e. The van der Waals surface area contributed by atoms with Gasteiger partial charge in [0.1, 0.15) is 0 Å². The van der Waals surface area contributed by atoms with E-state index in [4.69, 9.17) is 0 Å². The Morgan fingerprint density at radius 3 is 2.19 bits per heavy atom. The number of fused-ring (bicyclic) bond motifs is 1. The molecular formula is C20H25N. The van der Waals surface area contributed by atoms with Crippen molar-refractivity contribution in [2.24, 2.45) is 0 Å². The summed E-state index contributed by atoms with van der Waals surface area (Å²) in [7, 11) is 0. The Morgan fingerprint density at radius 1 is 0.952 bits per heavy atom. The lowest BCUT2D eigenvalue weighted by molar-refractivity contribution is 0.0832. The number of benzene rings is 1. The molecule has 1 aromatic carbocycles. The molecule has 0 saturated heterocycles. The highest BCUT2D eigenvalue weighted by Gasteiger charge is 2.47. The normalized spacial score (nSPS) is 19.7. The van der Waals surface area contributed by atoms with Gasteiger partial charge in [0, 0.05) is 12.6 Å². The van der Waals surface area contributed by atoms with E-state index in [2.05, 4.69) is 55.5 Å². The van der Waals surface area contributed by atoms with Gasteiger partial charge in [-0.25, -0.2) is 0 Å². The molecule has 21 heavy (non-hydrogen) atoms. The fourth-order valence-corrected chi connectivity index (χ4v) is 3.70. The maximum absolute atomic E-state index is 3.98. The van der Waals surface area contributed by atoms with Crippen LogP contribution in [0.4, 0.5) is 0 Å². The maximum atomic E-state index is 3.98. The summed E-state index contributed by atoms with van der Waals surface area (Å²) >= 11 is 0. The molecule has 0 amide bonds. The number of hydrogen-bond acceptors (Lipinski definition) is 1. The quantitative estimate of drug-likeness (QED) is 0.595. The minimum absolute atomic E-state index is 0.0536. The molecule has 1 aliphatic heterocycles. The van der Waals surface area contributed by atoms with E-state index in [9.17, 15) is 0 Å². The van der Waals surface area contributed by atoms with Gasteiger partial charge in [0.25, 0.3) is 0 Å². The van der Waals surface area contributed by atoms with Gasteiger partial charge in [0.2, 0.25) is 0 Å². The minimum atomic E-state index is -0.0536.